The van der Waals surface area contributed by atoms with Crippen molar-refractivity contribution in [3.63, 3.8) is 0 Å². The predicted octanol–water partition coefficient (Wildman–Crippen LogP) is 3.62. The van der Waals surface area contributed by atoms with Gasteiger partial charge in [-0.1, -0.05) is 6.07 Å². The van der Waals surface area contributed by atoms with Gasteiger partial charge in [0.05, 0.1) is 0 Å². The fraction of sp³-hybridized carbons (Fsp3) is 0.267. The predicted molar refractivity (Wildman–Crippen MR) is 75.4 cm³/mol. The first-order valence-corrected chi connectivity index (χ1v) is 7.07. The van der Waals surface area contributed by atoms with Gasteiger partial charge < -0.3 is 5.32 Å². The molecule has 0 bridgehead atoms. The van der Waals surface area contributed by atoms with Crippen LogP contribution in [0.2, 0.25) is 0 Å². The number of nitrogens with zero attached hydrogens (tertiary/aromatic N) is 1. The molecule has 0 aliphatic carbocycles. The normalized spacial score (nSPS) is 12.1. The molecule has 2 aromatic rings. The quantitative estimate of drug-likeness (QED) is 0.913. The summed E-state index contributed by atoms with van der Waals surface area (Å²) >= 11 is 1.42. The van der Waals surface area contributed by atoms with E-state index in [-0.39, 0.29) is 18.0 Å². The molecule has 5 heteroatoms. The molecule has 2 nitrogen and oxygen atoms in total. The molecule has 1 heterocycles. The Morgan fingerprint density at radius 3 is 2.55 bits per heavy atom. The highest BCUT2D eigenvalue weighted by Crippen LogP contribution is 2.17. The number of nitrogens with one attached hydrogen (secondary N) is 1. The Morgan fingerprint density at radius 2 is 1.95 bits per heavy atom. The van der Waals surface area contributed by atoms with E-state index in [2.05, 4.69) is 11.4 Å². The summed E-state index contributed by atoms with van der Waals surface area (Å²) in [7, 11) is 0. The standard InChI is InChI=1S/C15H14F2N2S/c1-10(7-13-14(16)3-2-4-15(13)17)19-9-12-6-5-11(8-18)20-12/h2-6,10,19H,7,9H2,1H3. The van der Waals surface area contributed by atoms with Crippen molar-refractivity contribution >= 4 is 11.3 Å². The zero-order valence-electron chi connectivity index (χ0n) is 11.0. The second kappa shape index (κ2) is 6.60. The van der Waals surface area contributed by atoms with Gasteiger partial charge in [0.15, 0.2) is 0 Å². The Kier molecular flexibility index (Phi) is 4.83. The highest BCUT2D eigenvalue weighted by molar-refractivity contribution is 7.12. The summed E-state index contributed by atoms with van der Waals surface area (Å²) in [5.74, 6) is -1.02. The van der Waals surface area contributed by atoms with Crippen molar-refractivity contribution in [2.24, 2.45) is 0 Å². The molecule has 20 heavy (non-hydrogen) atoms. The molecule has 0 aliphatic rings. The Balaban J connectivity index is 1.93. The van der Waals surface area contributed by atoms with Crippen molar-refractivity contribution < 1.29 is 8.78 Å². The van der Waals surface area contributed by atoms with Crippen LogP contribution in [0.4, 0.5) is 8.78 Å². The first-order valence-electron chi connectivity index (χ1n) is 6.25. The Bertz CT molecular complexity index is 611. The third-order valence-corrected chi connectivity index (χ3v) is 3.96. The van der Waals surface area contributed by atoms with Crippen LogP contribution < -0.4 is 5.32 Å². The second-order valence-corrected chi connectivity index (χ2v) is 5.73. The minimum atomic E-state index is -0.512. The lowest BCUT2D eigenvalue weighted by Gasteiger charge is -2.14. The molecule has 1 atom stereocenters. The van der Waals surface area contributed by atoms with Crippen LogP contribution >= 0.6 is 11.3 Å². The van der Waals surface area contributed by atoms with Gasteiger partial charge in [-0.3, -0.25) is 0 Å². The number of halogens is 2. The van der Waals surface area contributed by atoms with Crippen molar-refractivity contribution in [3.05, 3.63) is 57.3 Å². The van der Waals surface area contributed by atoms with Crippen molar-refractivity contribution in [2.45, 2.75) is 25.9 Å². The maximum Gasteiger partial charge on any atom is 0.129 e. The molecule has 0 fully saturated rings. The highest BCUT2D eigenvalue weighted by Gasteiger charge is 2.12. The van der Waals surface area contributed by atoms with E-state index in [0.29, 0.717) is 11.4 Å². The zero-order valence-corrected chi connectivity index (χ0v) is 11.8. The van der Waals surface area contributed by atoms with E-state index in [1.54, 1.807) is 6.07 Å². The van der Waals surface area contributed by atoms with E-state index in [1.807, 2.05) is 13.0 Å². The molecule has 1 aromatic heterocycles. The Labute approximate surface area is 120 Å². The van der Waals surface area contributed by atoms with E-state index in [0.717, 1.165) is 4.88 Å². The Morgan fingerprint density at radius 1 is 1.25 bits per heavy atom. The second-order valence-electron chi connectivity index (χ2n) is 4.56. The van der Waals surface area contributed by atoms with E-state index in [9.17, 15) is 8.78 Å². The molecule has 0 spiro atoms. The van der Waals surface area contributed by atoms with Gasteiger partial charge in [-0.2, -0.15) is 5.26 Å². The largest absolute Gasteiger partial charge is 0.309 e. The van der Waals surface area contributed by atoms with E-state index < -0.39 is 11.6 Å². The monoisotopic (exact) mass is 292 g/mol. The zero-order chi connectivity index (χ0) is 14.5. The van der Waals surface area contributed by atoms with Crippen molar-refractivity contribution in [3.8, 4) is 6.07 Å². The lowest BCUT2D eigenvalue weighted by molar-refractivity contribution is 0.501. The first kappa shape index (κ1) is 14.6. The molecule has 0 saturated carbocycles. The first-order chi connectivity index (χ1) is 9.60. The molecular weight excluding hydrogens is 278 g/mol. The van der Waals surface area contributed by atoms with Gasteiger partial charge in [0.2, 0.25) is 0 Å². The van der Waals surface area contributed by atoms with Crippen LogP contribution in [0.5, 0.6) is 0 Å². The number of rotatable bonds is 5. The van der Waals surface area contributed by atoms with Crippen LogP contribution in [-0.4, -0.2) is 6.04 Å². The number of hydrogen-bond acceptors (Lipinski definition) is 3. The van der Waals surface area contributed by atoms with Crippen LogP contribution in [0, 0.1) is 23.0 Å². The van der Waals surface area contributed by atoms with Crippen LogP contribution in [0.1, 0.15) is 22.2 Å². The summed E-state index contributed by atoms with van der Waals surface area (Å²) in [6, 6.07) is 9.57. The average Bonchev–Trinajstić information content (AvgIpc) is 2.89. The molecule has 1 N–H and O–H groups in total. The van der Waals surface area contributed by atoms with Crippen LogP contribution in [0.3, 0.4) is 0 Å². The summed E-state index contributed by atoms with van der Waals surface area (Å²) in [6.07, 6.45) is 0.287. The molecule has 2 rings (SSSR count). The summed E-state index contributed by atoms with van der Waals surface area (Å²) in [4.78, 5) is 1.69. The minimum Gasteiger partial charge on any atom is -0.309 e. The Hall–Kier alpha value is -1.77. The van der Waals surface area contributed by atoms with Crippen LogP contribution in [-0.2, 0) is 13.0 Å². The van der Waals surface area contributed by atoms with Gasteiger partial charge >= 0.3 is 0 Å². The van der Waals surface area contributed by atoms with Gasteiger partial charge in [-0.15, -0.1) is 11.3 Å². The molecule has 0 aliphatic heterocycles. The van der Waals surface area contributed by atoms with Crippen LogP contribution in [0.25, 0.3) is 0 Å². The SMILES string of the molecule is CC(Cc1c(F)cccc1F)NCc1ccc(C#N)s1. The number of thiophene rings is 1. The molecule has 104 valence electrons. The third kappa shape index (κ3) is 3.62. The molecule has 0 saturated heterocycles. The average molecular weight is 292 g/mol. The van der Waals surface area contributed by atoms with Crippen molar-refractivity contribution in [2.75, 3.05) is 0 Å². The lowest BCUT2D eigenvalue weighted by atomic mass is 10.1. The fourth-order valence-electron chi connectivity index (χ4n) is 1.91. The molecule has 0 amide bonds. The maximum atomic E-state index is 13.5. The number of benzene rings is 1. The molecular formula is C15H14F2N2S. The molecule has 1 aromatic carbocycles. The van der Waals surface area contributed by atoms with Gasteiger partial charge in [0, 0.05) is 23.0 Å². The summed E-state index contributed by atoms with van der Waals surface area (Å²) in [6.45, 7) is 2.47. The van der Waals surface area contributed by atoms with Gasteiger partial charge in [0.25, 0.3) is 0 Å². The smallest absolute Gasteiger partial charge is 0.129 e. The summed E-state index contributed by atoms with van der Waals surface area (Å²) in [5, 5.41) is 11.9. The van der Waals surface area contributed by atoms with Gasteiger partial charge in [-0.25, -0.2) is 8.78 Å². The number of nitriles is 1. The maximum absolute atomic E-state index is 13.5. The van der Waals surface area contributed by atoms with E-state index in [1.165, 1.54) is 29.5 Å². The lowest BCUT2D eigenvalue weighted by Crippen LogP contribution is -2.28. The molecule has 0 radical (unpaired) electrons. The van der Waals surface area contributed by atoms with E-state index in [4.69, 9.17) is 5.26 Å². The van der Waals surface area contributed by atoms with Crippen LogP contribution in [0.15, 0.2) is 30.3 Å². The van der Waals surface area contributed by atoms with Gasteiger partial charge in [0.1, 0.15) is 22.6 Å². The van der Waals surface area contributed by atoms with Crippen molar-refractivity contribution in [1.82, 2.24) is 5.32 Å². The minimum absolute atomic E-state index is 0.0611. The molecule has 1 unspecified atom stereocenters. The summed E-state index contributed by atoms with van der Waals surface area (Å²) in [5.41, 5.74) is 0.108. The number of hydrogen-bond donors (Lipinski definition) is 1. The fourth-order valence-corrected chi connectivity index (χ4v) is 2.67. The van der Waals surface area contributed by atoms with E-state index >= 15 is 0 Å². The van der Waals surface area contributed by atoms with Crippen molar-refractivity contribution in [1.29, 1.82) is 5.26 Å². The third-order valence-electron chi connectivity index (χ3n) is 2.97. The summed E-state index contributed by atoms with van der Waals surface area (Å²) < 4.78 is 27.0. The van der Waals surface area contributed by atoms with Gasteiger partial charge in [-0.05, 0) is 37.6 Å². The highest BCUT2D eigenvalue weighted by atomic mass is 32.1. The topological polar surface area (TPSA) is 35.8 Å².